The molecule has 31 heavy (non-hydrogen) atoms. The van der Waals surface area contributed by atoms with E-state index >= 15 is 0 Å². The average Bonchev–Trinajstić information content (AvgIpc) is 3.21. The van der Waals surface area contributed by atoms with Crippen molar-refractivity contribution in [2.75, 3.05) is 11.9 Å². The molecule has 0 aliphatic carbocycles. The number of benzene rings is 2. The second-order valence-corrected chi connectivity index (χ2v) is 9.65. The number of aromatic nitrogens is 3. The van der Waals surface area contributed by atoms with E-state index in [0.29, 0.717) is 23.6 Å². The smallest absolute Gasteiger partial charge is 0.255 e. The van der Waals surface area contributed by atoms with Crippen LogP contribution in [0.15, 0.2) is 53.4 Å². The molecule has 1 amide bonds. The van der Waals surface area contributed by atoms with E-state index in [-0.39, 0.29) is 16.8 Å². The molecule has 3 aromatic rings. The van der Waals surface area contributed by atoms with Gasteiger partial charge in [-0.15, -0.1) is 0 Å². The fourth-order valence-electron chi connectivity index (χ4n) is 3.74. The van der Waals surface area contributed by atoms with Gasteiger partial charge in [0.25, 0.3) is 5.91 Å². The van der Waals surface area contributed by atoms with Crippen LogP contribution in [0, 0.1) is 6.92 Å². The van der Waals surface area contributed by atoms with E-state index in [1.54, 1.807) is 30.3 Å². The van der Waals surface area contributed by atoms with Crippen LogP contribution in [0.1, 0.15) is 42.4 Å². The van der Waals surface area contributed by atoms with Gasteiger partial charge in [-0.2, -0.15) is 9.40 Å². The summed E-state index contributed by atoms with van der Waals surface area (Å²) < 4.78 is 27.7. The fraction of sp³-hybridized carbons (Fsp3) is 0.318. The van der Waals surface area contributed by atoms with Gasteiger partial charge < -0.3 is 5.32 Å². The van der Waals surface area contributed by atoms with Crippen LogP contribution in [0.3, 0.4) is 0 Å². The quantitative estimate of drug-likeness (QED) is 0.632. The van der Waals surface area contributed by atoms with Gasteiger partial charge in [-0.3, -0.25) is 9.89 Å². The van der Waals surface area contributed by atoms with Crippen molar-refractivity contribution in [2.24, 2.45) is 0 Å². The Kier molecular flexibility index (Phi) is 5.88. The molecule has 1 unspecified atom stereocenters. The summed E-state index contributed by atoms with van der Waals surface area (Å²) in [7, 11) is -3.64. The van der Waals surface area contributed by atoms with Crippen molar-refractivity contribution >= 4 is 21.6 Å². The molecule has 1 fully saturated rings. The van der Waals surface area contributed by atoms with Crippen LogP contribution in [-0.2, 0) is 10.0 Å². The first-order valence-corrected chi connectivity index (χ1v) is 11.7. The minimum Gasteiger partial charge on any atom is -0.322 e. The molecular weight excluding hydrogens is 414 g/mol. The normalized spacial score (nSPS) is 17.4. The van der Waals surface area contributed by atoms with Crippen LogP contribution < -0.4 is 5.32 Å². The van der Waals surface area contributed by atoms with Crippen molar-refractivity contribution in [1.29, 1.82) is 0 Å². The van der Waals surface area contributed by atoms with Crippen LogP contribution in [0.5, 0.6) is 0 Å². The van der Waals surface area contributed by atoms with E-state index in [1.807, 2.05) is 26.0 Å². The number of nitrogens with one attached hydrogen (secondary N) is 2. The average molecular weight is 440 g/mol. The lowest BCUT2D eigenvalue weighted by Crippen LogP contribution is -2.41. The second-order valence-electron chi connectivity index (χ2n) is 7.76. The molecule has 8 nitrogen and oxygen atoms in total. The number of nitrogens with zero attached hydrogens (tertiary/aromatic N) is 3. The van der Waals surface area contributed by atoms with Crippen LogP contribution in [-0.4, -0.2) is 46.4 Å². The van der Waals surface area contributed by atoms with E-state index in [4.69, 9.17) is 0 Å². The number of amides is 1. The maximum absolute atomic E-state index is 13.1. The summed E-state index contributed by atoms with van der Waals surface area (Å²) >= 11 is 0. The van der Waals surface area contributed by atoms with Crippen molar-refractivity contribution in [3.8, 4) is 11.4 Å². The molecule has 1 saturated heterocycles. The number of hydrogen-bond donors (Lipinski definition) is 2. The number of aryl methyl sites for hydroxylation is 1. The summed E-state index contributed by atoms with van der Waals surface area (Å²) in [6.45, 7) is 4.26. The number of carbonyl (C=O) groups is 1. The molecule has 0 saturated carbocycles. The predicted molar refractivity (Wildman–Crippen MR) is 118 cm³/mol. The van der Waals surface area contributed by atoms with Crippen molar-refractivity contribution in [3.05, 3.63) is 59.9 Å². The number of rotatable bonds is 5. The van der Waals surface area contributed by atoms with Crippen molar-refractivity contribution in [2.45, 2.75) is 44.0 Å². The summed E-state index contributed by atoms with van der Waals surface area (Å²) in [5, 5.41) is 9.73. The molecule has 1 aliphatic heterocycles. The van der Waals surface area contributed by atoms with E-state index in [9.17, 15) is 13.2 Å². The first-order chi connectivity index (χ1) is 14.8. The minimum absolute atomic E-state index is 0.0393. The third kappa shape index (κ3) is 4.52. The highest BCUT2D eigenvalue weighted by Crippen LogP contribution is 2.26. The molecule has 2 heterocycles. The zero-order chi connectivity index (χ0) is 22.0. The summed E-state index contributed by atoms with van der Waals surface area (Å²) in [5.74, 6) is 0.937. The third-order valence-electron chi connectivity index (χ3n) is 5.44. The number of H-pyrrole nitrogens is 1. The van der Waals surface area contributed by atoms with Gasteiger partial charge in [0, 0.05) is 29.4 Å². The monoisotopic (exact) mass is 439 g/mol. The maximum atomic E-state index is 13.1. The molecule has 4 rings (SSSR count). The first-order valence-electron chi connectivity index (χ1n) is 10.3. The molecule has 0 bridgehead atoms. The summed E-state index contributed by atoms with van der Waals surface area (Å²) in [6, 6.07) is 13.3. The predicted octanol–water partition coefficient (Wildman–Crippen LogP) is 3.60. The Hall–Kier alpha value is -3.04. The molecular formula is C22H25N5O3S. The van der Waals surface area contributed by atoms with Gasteiger partial charge in [-0.1, -0.05) is 12.5 Å². The molecule has 0 spiro atoms. The number of piperidine rings is 1. The Labute approximate surface area is 181 Å². The maximum Gasteiger partial charge on any atom is 0.255 e. The van der Waals surface area contributed by atoms with Crippen LogP contribution in [0.4, 0.5) is 5.69 Å². The Morgan fingerprint density at radius 2 is 1.94 bits per heavy atom. The highest BCUT2D eigenvalue weighted by atomic mass is 32.2. The number of hydrogen-bond acceptors (Lipinski definition) is 5. The van der Waals surface area contributed by atoms with Crippen molar-refractivity contribution in [1.82, 2.24) is 19.5 Å². The lowest BCUT2D eigenvalue weighted by atomic mass is 10.1. The van der Waals surface area contributed by atoms with Gasteiger partial charge in [0.05, 0.1) is 4.90 Å². The summed E-state index contributed by atoms with van der Waals surface area (Å²) in [5.41, 5.74) is 1.71. The molecule has 162 valence electrons. The Morgan fingerprint density at radius 1 is 1.16 bits per heavy atom. The molecule has 2 aromatic carbocycles. The largest absolute Gasteiger partial charge is 0.322 e. The minimum atomic E-state index is -3.64. The second kappa shape index (κ2) is 8.60. The third-order valence-corrected chi connectivity index (χ3v) is 7.45. The standard InChI is InChI=1S/C22H25N5O3S/c1-15-6-3-4-13-27(15)31(29,30)20-8-5-7-18(14-20)22(28)24-19-11-9-17(10-12-19)21-23-16(2)25-26-21/h5,7-12,14-15H,3-4,6,13H2,1-2H3,(H,24,28)(H,23,25,26). The summed E-state index contributed by atoms with van der Waals surface area (Å²) in [6.07, 6.45) is 2.74. The highest BCUT2D eigenvalue weighted by molar-refractivity contribution is 7.89. The van der Waals surface area contributed by atoms with Gasteiger partial charge in [0.1, 0.15) is 5.82 Å². The van der Waals surface area contributed by atoms with E-state index < -0.39 is 10.0 Å². The fourth-order valence-corrected chi connectivity index (χ4v) is 5.49. The molecule has 1 aliphatic rings. The molecule has 1 atom stereocenters. The SMILES string of the molecule is Cc1nc(-c2ccc(NC(=O)c3cccc(S(=O)(=O)N4CCCCC4C)c3)cc2)n[nH]1. The van der Waals surface area contributed by atoms with Crippen molar-refractivity contribution in [3.63, 3.8) is 0 Å². The molecule has 9 heteroatoms. The Bertz CT molecular complexity index is 1190. The molecule has 0 radical (unpaired) electrons. The van der Waals surface area contributed by atoms with Gasteiger partial charge >= 0.3 is 0 Å². The van der Waals surface area contributed by atoms with Crippen LogP contribution in [0.25, 0.3) is 11.4 Å². The Morgan fingerprint density at radius 3 is 2.61 bits per heavy atom. The van der Waals surface area contributed by atoms with Crippen LogP contribution in [0.2, 0.25) is 0 Å². The zero-order valence-electron chi connectivity index (χ0n) is 17.5. The van der Waals surface area contributed by atoms with Crippen molar-refractivity contribution < 1.29 is 13.2 Å². The lowest BCUT2D eigenvalue weighted by molar-refractivity contribution is 0.102. The van der Waals surface area contributed by atoms with Gasteiger partial charge in [0.2, 0.25) is 10.0 Å². The van der Waals surface area contributed by atoms with E-state index in [1.165, 1.54) is 10.4 Å². The number of sulfonamides is 1. The lowest BCUT2D eigenvalue weighted by Gasteiger charge is -2.32. The Balaban J connectivity index is 1.50. The number of aromatic amines is 1. The number of anilines is 1. The molecule has 2 N–H and O–H groups in total. The van der Waals surface area contributed by atoms with Gasteiger partial charge in [-0.05, 0) is 69.2 Å². The van der Waals surface area contributed by atoms with Crippen LogP contribution >= 0.6 is 0 Å². The highest BCUT2D eigenvalue weighted by Gasteiger charge is 2.31. The summed E-state index contributed by atoms with van der Waals surface area (Å²) in [4.78, 5) is 17.2. The number of carbonyl (C=O) groups excluding carboxylic acids is 1. The zero-order valence-corrected chi connectivity index (χ0v) is 18.3. The van der Waals surface area contributed by atoms with Gasteiger partial charge in [-0.25, -0.2) is 13.4 Å². The van der Waals surface area contributed by atoms with Gasteiger partial charge in [0.15, 0.2) is 5.82 Å². The first kappa shape index (κ1) is 21.2. The van der Waals surface area contributed by atoms with E-state index in [2.05, 4.69) is 20.5 Å². The van der Waals surface area contributed by atoms with E-state index in [0.717, 1.165) is 30.7 Å². The topological polar surface area (TPSA) is 108 Å². The molecule has 1 aromatic heterocycles.